The minimum absolute atomic E-state index is 0.685. The van der Waals surface area contributed by atoms with Crippen LogP contribution in [0.5, 0.6) is 0 Å². The van der Waals surface area contributed by atoms with Gasteiger partial charge in [-0.3, -0.25) is 0 Å². The van der Waals surface area contributed by atoms with Crippen LogP contribution in [0.1, 0.15) is 0 Å². The van der Waals surface area contributed by atoms with Crippen molar-refractivity contribution in [3.05, 3.63) is 0 Å². The van der Waals surface area contributed by atoms with Crippen LogP contribution in [0.15, 0.2) is 0 Å². The summed E-state index contributed by atoms with van der Waals surface area (Å²) in [5.74, 6) is -1.24. The van der Waals surface area contributed by atoms with E-state index in [4.69, 9.17) is 8.79 Å². The SMILES string of the molecule is O=C(O)C[O][Ti](=[O])[OH]. The number of hydrogen-bond acceptors (Lipinski definition) is 3. The Hall–Kier alpha value is -0.0957. The first kappa shape index (κ1) is 7.90. The average molecular weight is 156 g/mol. The molecule has 0 heterocycles. The van der Waals surface area contributed by atoms with E-state index in [1.54, 1.807) is 0 Å². The summed E-state index contributed by atoms with van der Waals surface area (Å²) in [5.41, 5.74) is 0. The second-order valence-electron chi connectivity index (χ2n) is 0.948. The fourth-order valence-corrected chi connectivity index (χ4v) is 0.509. The number of rotatable bonds is 3. The van der Waals surface area contributed by atoms with Crippen molar-refractivity contribution in [1.29, 1.82) is 0 Å². The summed E-state index contributed by atoms with van der Waals surface area (Å²) in [4.78, 5) is 9.56. The summed E-state index contributed by atoms with van der Waals surface area (Å²) >= 11 is -3.58. The molecule has 0 aliphatic rings. The summed E-state index contributed by atoms with van der Waals surface area (Å²) in [5, 5.41) is 7.81. The first-order valence-corrected chi connectivity index (χ1v) is 3.68. The molecule has 0 spiro atoms. The minimum atomic E-state index is -3.58. The fraction of sp³-hybridized carbons (Fsp3) is 0.500. The number of carbonyl (C=O) groups is 1. The Morgan fingerprint density at radius 1 is 1.75 bits per heavy atom. The molecule has 0 atom stereocenters. The predicted octanol–water partition coefficient (Wildman–Crippen LogP) is -1.13. The Bertz CT molecular complexity index is 95.0. The van der Waals surface area contributed by atoms with Crippen LogP contribution in [-0.2, 0) is 30.1 Å². The van der Waals surface area contributed by atoms with Crippen LogP contribution < -0.4 is 0 Å². The van der Waals surface area contributed by atoms with Crippen molar-refractivity contribution in [3.8, 4) is 0 Å². The molecule has 0 radical (unpaired) electrons. The standard InChI is InChI=1S/C2H3O3.H2O.O.Ti/c3-1-2(4)5;;;/h1H2,(H,4,5);1H2;;/q-1;;;+2/p-1. The van der Waals surface area contributed by atoms with Gasteiger partial charge < -0.3 is 0 Å². The van der Waals surface area contributed by atoms with E-state index in [-0.39, 0.29) is 0 Å². The molecular formula is C2H4O5Ti. The van der Waals surface area contributed by atoms with Crippen LogP contribution in [0.3, 0.4) is 0 Å². The molecule has 0 saturated carbocycles. The first-order chi connectivity index (χ1) is 3.63. The van der Waals surface area contributed by atoms with E-state index in [0.717, 1.165) is 0 Å². The van der Waals surface area contributed by atoms with Gasteiger partial charge in [-0.25, -0.2) is 0 Å². The average Bonchev–Trinajstić information content (AvgIpc) is 1.61. The molecule has 0 unspecified atom stereocenters. The number of carboxylic acid groups (broad SMARTS) is 1. The molecule has 0 fully saturated rings. The number of aliphatic carboxylic acids is 1. The molecule has 0 aliphatic carbocycles. The molecule has 46 valence electrons. The molecule has 0 aliphatic heterocycles. The molecule has 5 nitrogen and oxygen atoms in total. The first-order valence-electron chi connectivity index (χ1n) is 1.70. The molecular weight excluding hydrogens is 152 g/mol. The Labute approximate surface area is 52.0 Å². The van der Waals surface area contributed by atoms with E-state index in [2.05, 4.69) is 3.32 Å². The Morgan fingerprint density at radius 3 is 2.38 bits per heavy atom. The topological polar surface area (TPSA) is 83.8 Å². The van der Waals surface area contributed by atoms with Crippen LogP contribution >= 0.6 is 0 Å². The van der Waals surface area contributed by atoms with Crippen molar-refractivity contribution >= 4 is 5.97 Å². The Kier molecular flexibility index (Phi) is 3.81. The van der Waals surface area contributed by atoms with Crippen molar-refractivity contribution in [2.45, 2.75) is 0 Å². The van der Waals surface area contributed by atoms with Gasteiger partial charge in [-0.05, 0) is 0 Å². The summed E-state index contributed by atoms with van der Waals surface area (Å²) in [6.45, 7) is -0.685. The van der Waals surface area contributed by atoms with Gasteiger partial charge in [0.25, 0.3) is 0 Å². The van der Waals surface area contributed by atoms with E-state index >= 15 is 0 Å². The zero-order valence-corrected chi connectivity index (χ0v) is 5.39. The van der Waals surface area contributed by atoms with Crippen molar-refractivity contribution < 1.29 is 38.8 Å². The quantitative estimate of drug-likeness (QED) is 0.505. The summed E-state index contributed by atoms with van der Waals surface area (Å²) in [6, 6.07) is 0. The molecule has 0 aromatic rings. The van der Waals surface area contributed by atoms with Crippen molar-refractivity contribution in [1.82, 2.24) is 0 Å². The third-order valence-corrected chi connectivity index (χ3v) is 0.930. The van der Waals surface area contributed by atoms with E-state index < -0.39 is 31.2 Å². The Balaban J connectivity index is 3.18. The van der Waals surface area contributed by atoms with Gasteiger partial charge >= 0.3 is 51.4 Å². The monoisotopic (exact) mass is 156 g/mol. The van der Waals surface area contributed by atoms with Crippen LogP contribution in [0.25, 0.3) is 0 Å². The second kappa shape index (κ2) is 3.85. The number of hydrogen-bond donors (Lipinski definition) is 2. The van der Waals surface area contributed by atoms with Gasteiger partial charge in [0, 0.05) is 0 Å². The van der Waals surface area contributed by atoms with Gasteiger partial charge in [0.2, 0.25) is 0 Å². The molecule has 0 amide bonds. The zero-order chi connectivity index (χ0) is 6.57. The van der Waals surface area contributed by atoms with Crippen molar-refractivity contribution in [3.63, 3.8) is 0 Å². The predicted molar refractivity (Wildman–Crippen MR) is 16.5 cm³/mol. The van der Waals surface area contributed by atoms with Crippen LogP contribution in [0, 0.1) is 0 Å². The van der Waals surface area contributed by atoms with Gasteiger partial charge in [0.1, 0.15) is 0 Å². The zero-order valence-electron chi connectivity index (χ0n) is 3.83. The Morgan fingerprint density at radius 2 is 2.25 bits per heavy atom. The fourth-order valence-electron chi connectivity index (χ4n) is 0.123. The third kappa shape index (κ3) is 5.90. The molecule has 8 heavy (non-hydrogen) atoms. The van der Waals surface area contributed by atoms with Gasteiger partial charge in [-0.15, -0.1) is 0 Å². The summed E-state index contributed by atoms with van der Waals surface area (Å²) in [7, 11) is 0. The second-order valence-corrected chi connectivity index (χ2v) is 2.23. The van der Waals surface area contributed by atoms with Gasteiger partial charge in [-0.2, -0.15) is 0 Å². The molecule has 0 aromatic heterocycles. The van der Waals surface area contributed by atoms with Gasteiger partial charge in [0.05, 0.1) is 0 Å². The molecule has 0 saturated heterocycles. The molecule has 0 bridgehead atoms. The van der Waals surface area contributed by atoms with E-state index in [0.29, 0.717) is 0 Å². The summed E-state index contributed by atoms with van der Waals surface area (Å²) < 4.78 is 21.5. The van der Waals surface area contributed by atoms with Crippen LogP contribution in [0.2, 0.25) is 0 Å². The normalized spacial score (nSPS) is 8.62. The van der Waals surface area contributed by atoms with Crippen LogP contribution in [0.4, 0.5) is 0 Å². The maximum atomic E-state index is 9.67. The van der Waals surface area contributed by atoms with Gasteiger partial charge in [0.15, 0.2) is 0 Å². The molecule has 0 rings (SSSR count). The maximum absolute atomic E-state index is 9.67. The van der Waals surface area contributed by atoms with E-state index in [9.17, 15) is 8.12 Å². The molecule has 2 N–H and O–H groups in total. The number of carboxylic acids is 1. The van der Waals surface area contributed by atoms with Crippen molar-refractivity contribution in [2.24, 2.45) is 0 Å². The van der Waals surface area contributed by atoms with E-state index in [1.807, 2.05) is 0 Å². The molecule has 6 heteroatoms. The van der Waals surface area contributed by atoms with Crippen molar-refractivity contribution in [2.75, 3.05) is 6.61 Å². The van der Waals surface area contributed by atoms with E-state index in [1.165, 1.54) is 0 Å². The third-order valence-electron chi connectivity index (χ3n) is 0.319. The van der Waals surface area contributed by atoms with Crippen LogP contribution in [-0.4, -0.2) is 21.4 Å². The summed E-state index contributed by atoms with van der Waals surface area (Å²) in [6.07, 6.45) is 0. The molecule has 0 aromatic carbocycles. The van der Waals surface area contributed by atoms with Gasteiger partial charge in [-0.1, -0.05) is 0 Å².